The van der Waals surface area contributed by atoms with Gasteiger partial charge in [-0.3, -0.25) is 0 Å². The van der Waals surface area contributed by atoms with E-state index in [-0.39, 0.29) is 21.1 Å². The fraction of sp³-hybridized carbons (Fsp3) is 0.286. The van der Waals surface area contributed by atoms with E-state index in [0.717, 1.165) is 0 Å². The second kappa shape index (κ2) is 5.83. The molecule has 1 heterocycles. The van der Waals surface area contributed by atoms with Crippen molar-refractivity contribution < 1.29 is 13.6 Å². The van der Waals surface area contributed by atoms with Crippen molar-refractivity contribution in [1.29, 1.82) is 0 Å². The van der Waals surface area contributed by atoms with Gasteiger partial charge in [-0.2, -0.15) is 4.98 Å². The molecule has 0 spiro atoms. The topological polar surface area (TPSA) is 40.6 Å². The first-order valence-electron chi connectivity index (χ1n) is 3.84. The van der Waals surface area contributed by atoms with Gasteiger partial charge in [-0.15, -0.1) is 0 Å². The van der Waals surface area contributed by atoms with Crippen LogP contribution in [-0.4, -0.2) is 19.2 Å². The van der Waals surface area contributed by atoms with Gasteiger partial charge in [-0.05, 0) is 6.07 Å². The predicted molar refractivity (Wildman–Crippen MR) is 68.2 cm³/mol. The van der Waals surface area contributed by atoms with Gasteiger partial charge in [0.2, 0.25) is 5.88 Å². The smallest absolute Gasteiger partial charge is 0.381 e. The lowest BCUT2D eigenvalue weighted by molar-refractivity contribution is 0.270. The van der Waals surface area contributed by atoms with Crippen molar-refractivity contribution in [2.75, 3.05) is 14.2 Å². The molecule has 0 radical (unpaired) electrons. The van der Waals surface area contributed by atoms with Crippen molar-refractivity contribution in [2.24, 2.45) is 0 Å². The molecule has 16 heavy (non-hydrogen) atoms. The minimum atomic E-state index is -2.90. The summed E-state index contributed by atoms with van der Waals surface area (Å²) in [7, 11) is 2.73. The second-order valence-electron chi connectivity index (χ2n) is 2.45. The summed E-state index contributed by atoms with van der Waals surface area (Å²) in [5.41, 5.74) is 0. The summed E-state index contributed by atoms with van der Waals surface area (Å²) in [6.45, 7) is -2.90. The first kappa shape index (κ1) is 14.5. The van der Waals surface area contributed by atoms with E-state index in [9.17, 15) is 0 Å². The van der Waals surface area contributed by atoms with E-state index in [4.69, 9.17) is 60.2 Å². The Morgan fingerprint density at radius 1 is 1.25 bits per heavy atom. The molecule has 90 valence electrons. The Kier molecular flexibility index (Phi) is 5.26. The Hall–Kier alpha value is 0.390. The molecule has 0 saturated carbocycles. The van der Waals surface area contributed by atoms with Crippen molar-refractivity contribution in [3.63, 3.8) is 0 Å². The predicted octanol–water partition coefficient (Wildman–Crippen LogP) is 3.94. The Bertz CT molecular complexity index is 437. The summed E-state index contributed by atoms with van der Waals surface area (Å²) in [6, 6.07) is 1.39. The summed E-state index contributed by atoms with van der Waals surface area (Å²) < 4.78 is 15.1. The van der Waals surface area contributed by atoms with E-state index in [1.54, 1.807) is 0 Å². The van der Waals surface area contributed by atoms with Crippen LogP contribution in [0, 0.1) is 0 Å². The van der Waals surface area contributed by atoms with Crippen molar-refractivity contribution in [2.45, 2.75) is 0 Å². The average molecular weight is 323 g/mol. The van der Waals surface area contributed by atoms with Gasteiger partial charge in [-0.1, -0.05) is 34.8 Å². The van der Waals surface area contributed by atoms with Gasteiger partial charge in [0.15, 0.2) is 0 Å². The second-order valence-corrected chi connectivity index (χ2v) is 6.77. The Labute approximate surface area is 113 Å². The summed E-state index contributed by atoms with van der Waals surface area (Å²) in [6.07, 6.45) is 0. The molecular weight excluding hydrogens is 315 g/mol. The fourth-order valence-corrected chi connectivity index (χ4v) is 2.23. The van der Waals surface area contributed by atoms with Crippen LogP contribution >= 0.6 is 41.5 Å². The number of hydrogen-bond donors (Lipinski definition) is 0. The monoisotopic (exact) mass is 321 g/mol. The minimum Gasteiger partial charge on any atom is -0.404 e. The molecule has 0 amide bonds. The van der Waals surface area contributed by atoms with Crippen molar-refractivity contribution in [3.05, 3.63) is 21.3 Å². The van der Waals surface area contributed by atoms with Gasteiger partial charge in [0.25, 0.3) is 0 Å². The Morgan fingerprint density at radius 3 is 2.31 bits per heavy atom. The number of halogens is 3. The number of nitrogens with zero attached hydrogens (tertiary/aromatic N) is 1. The molecule has 0 aliphatic heterocycles. The maximum absolute atomic E-state index is 5.87. The lowest BCUT2D eigenvalue weighted by Crippen LogP contribution is -1.99. The molecular formula is C7H7Cl3NO3PS. The molecule has 0 bridgehead atoms. The summed E-state index contributed by atoms with van der Waals surface area (Å²) in [4.78, 5) is 3.84. The van der Waals surface area contributed by atoms with Crippen LogP contribution in [0.4, 0.5) is 0 Å². The molecule has 0 unspecified atom stereocenters. The molecule has 0 N–H and O–H groups in total. The van der Waals surface area contributed by atoms with Crippen molar-refractivity contribution in [3.8, 4) is 5.88 Å². The van der Waals surface area contributed by atoms with Crippen LogP contribution in [-0.2, 0) is 20.9 Å². The molecule has 0 aromatic carbocycles. The zero-order chi connectivity index (χ0) is 12.3. The van der Waals surface area contributed by atoms with Crippen molar-refractivity contribution in [1.82, 2.24) is 4.98 Å². The minimum absolute atomic E-state index is 0.00815. The molecule has 0 aliphatic rings. The van der Waals surface area contributed by atoms with Gasteiger partial charge in [-0.25, -0.2) is 0 Å². The van der Waals surface area contributed by atoms with E-state index in [1.807, 2.05) is 0 Å². The molecule has 0 aliphatic carbocycles. The van der Waals surface area contributed by atoms with E-state index in [0.29, 0.717) is 0 Å². The Balaban J connectivity index is 3.10. The molecule has 9 heteroatoms. The largest absolute Gasteiger partial charge is 0.404 e. The molecule has 0 fully saturated rings. The average Bonchev–Trinajstić information content (AvgIpc) is 2.25. The first-order chi connectivity index (χ1) is 7.41. The number of rotatable bonds is 4. The van der Waals surface area contributed by atoms with Crippen molar-refractivity contribution >= 4 is 53.3 Å². The van der Waals surface area contributed by atoms with Crippen LogP contribution in [0.5, 0.6) is 5.88 Å². The molecule has 0 saturated heterocycles. The van der Waals surface area contributed by atoms with E-state index >= 15 is 0 Å². The summed E-state index contributed by atoms with van der Waals surface area (Å²) >= 11 is 22.4. The third-order valence-electron chi connectivity index (χ3n) is 1.50. The van der Waals surface area contributed by atoms with Crippen LogP contribution in [0.25, 0.3) is 0 Å². The fourth-order valence-electron chi connectivity index (χ4n) is 0.764. The Morgan fingerprint density at radius 2 is 1.81 bits per heavy atom. The highest BCUT2D eigenvalue weighted by atomic mass is 35.5. The number of pyridine rings is 1. The van der Waals surface area contributed by atoms with Crippen LogP contribution in [0.3, 0.4) is 0 Å². The quantitative estimate of drug-likeness (QED) is 0.620. The van der Waals surface area contributed by atoms with E-state index < -0.39 is 6.72 Å². The van der Waals surface area contributed by atoms with E-state index in [1.165, 1.54) is 20.3 Å². The normalized spacial score (nSPS) is 11.6. The van der Waals surface area contributed by atoms with Crippen LogP contribution in [0.15, 0.2) is 6.07 Å². The lowest BCUT2D eigenvalue weighted by Gasteiger charge is -2.18. The van der Waals surface area contributed by atoms with Crippen LogP contribution < -0.4 is 4.52 Å². The highest BCUT2D eigenvalue weighted by Gasteiger charge is 2.22. The number of aromatic nitrogens is 1. The first-order valence-corrected chi connectivity index (χ1v) is 7.53. The zero-order valence-corrected chi connectivity index (χ0v) is 12.2. The standard InChI is InChI=1S/C7H7Cl3NO3PS/c1-12-15(16,13-2)14-7-6(10)4(8)3-5(9)11-7/h3H,1-2H3. The molecule has 1 aromatic rings. The SMILES string of the molecule is COP(=S)(OC)Oc1nc(Cl)cc(Cl)c1Cl. The maximum Gasteiger partial charge on any atom is 0.381 e. The van der Waals surface area contributed by atoms with Gasteiger partial charge < -0.3 is 13.6 Å². The van der Waals surface area contributed by atoms with Gasteiger partial charge >= 0.3 is 6.72 Å². The molecule has 1 aromatic heterocycles. The zero-order valence-electron chi connectivity index (χ0n) is 8.24. The molecule has 0 atom stereocenters. The molecule has 1 rings (SSSR count). The van der Waals surface area contributed by atoms with Gasteiger partial charge in [0, 0.05) is 26.0 Å². The van der Waals surface area contributed by atoms with Gasteiger partial charge in [0.05, 0.1) is 5.02 Å². The summed E-state index contributed by atoms with van der Waals surface area (Å²) in [5.74, 6) is -0.00815. The highest BCUT2D eigenvalue weighted by Crippen LogP contribution is 2.50. The van der Waals surface area contributed by atoms with E-state index in [2.05, 4.69) is 4.98 Å². The third kappa shape index (κ3) is 3.44. The van der Waals surface area contributed by atoms with Crippen LogP contribution in [0.2, 0.25) is 15.2 Å². The van der Waals surface area contributed by atoms with Crippen LogP contribution in [0.1, 0.15) is 0 Å². The van der Waals surface area contributed by atoms with Gasteiger partial charge in [0.1, 0.15) is 10.2 Å². The highest BCUT2D eigenvalue weighted by molar-refractivity contribution is 8.07. The summed E-state index contributed by atoms with van der Waals surface area (Å²) in [5, 5.41) is 0.456. The third-order valence-corrected chi connectivity index (χ3v) is 4.86. The number of hydrogen-bond acceptors (Lipinski definition) is 5. The lowest BCUT2D eigenvalue weighted by atomic mass is 10.5. The maximum atomic E-state index is 5.87. The molecule has 4 nitrogen and oxygen atoms in total.